The average Bonchev–Trinajstić information content (AvgIpc) is 2.73. The fourth-order valence-electron chi connectivity index (χ4n) is 3.19. The minimum atomic E-state index is -4.50. The third-order valence-electron chi connectivity index (χ3n) is 4.85. The standard InChI is InChI=1S/C20H21ClF3N5O2/c1-25-19(31)13-2-4-15(5-3-13)27-17(30)12-28-6-8-29(9-7-28)18-16(21)10-14(11-26-18)20(22,23)24/h2-5,10-11H,6-9,12H2,1H3,(H,25,31)(H,27,30). The molecule has 7 nitrogen and oxygen atoms in total. The lowest BCUT2D eigenvalue weighted by molar-refractivity contribution is -0.137. The Balaban J connectivity index is 1.51. The fourth-order valence-corrected chi connectivity index (χ4v) is 3.47. The molecule has 0 bridgehead atoms. The Morgan fingerprint density at radius 1 is 1.13 bits per heavy atom. The Labute approximate surface area is 182 Å². The number of benzene rings is 1. The molecule has 1 aliphatic heterocycles. The van der Waals surface area contributed by atoms with Crippen molar-refractivity contribution in [1.29, 1.82) is 0 Å². The zero-order valence-corrected chi connectivity index (χ0v) is 17.4. The maximum atomic E-state index is 12.8. The number of nitrogens with one attached hydrogen (secondary N) is 2. The molecule has 2 heterocycles. The number of carbonyl (C=O) groups is 2. The van der Waals surface area contributed by atoms with Gasteiger partial charge in [0, 0.05) is 50.7 Å². The van der Waals surface area contributed by atoms with Crippen LogP contribution >= 0.6 is 11.6 Å². The minimum absolute atomic E-state index is 0.0544. The van der Waals surface area contributed by atoms with Crippen molar-refractivity contribution in [3.63, 3.8) is 0 Å². The van der Waals surface area contributed by atoms with E-state index >= 15 is 0 Å². The van der Waals surface area contributed by atoms with Crippen molar-refractivity contribution in [3.8, 4) is 0 Å². The first kappa shape index (κ1) is 22.8. The second-order valence-electron chi connectivity index (χ2n) is 7.00. The number of piperazine rings is 1. The third-order valence-corrected chi connectivity index (χ3v) is 5.12. The Bertz CT molecular complexity index is 945. The molecule has 1 aromatic heterocycles. The van der Waals surface area contributed by atoms with Crippen molar-refractivity contribution in [3.05, 3.63) is 52.7 Å². The molecule has 166 valence electrons. The summed E-state index contributed by atoms with van der Waals surface area (Å²) in [7, 11) is 1.54. The maximum Gasteiger partial charge on any atom is 0.417 e. The highest BCUT2D eigenvalue weighted by molar-refractivity contribution is 6.33. The van der Waals surface area contributed by atoms with Gasteiger partial charge in [0.25, 0.3) is 5.91 Å². The number of pyridine rings is 1. The van der Waals surface area contributed by atoms with Crippen LogP contribution in [0, 0.1) is 0 Å². The second-order valence-corrected chi connectivity index (χ2v) is 7.40. The van der Waals surface area contributed by atoms with E-state index in [1.165, 1.54) is 0 Å². The summed E-state index contributed by atoms with van der Waals surface area (Å²) in [5.74, 6) is -0.111. The van der Waals surface area contributed by atoms with E-state index in [4.69, 9.17) is 11.6 Å². The summed E-state index contributed by atoms with van der Waals surface area (Å²) >= 11 is 6.01. The van der Waals surface area contributed by atoms with Gasteiger partial charge < -0.3 is 15.5 Å². The summed E-state index contributed by atoms with van der Waals surface area (Å²) in [5, 5.41) is 5.25. The Hall–Kier alpha value is -2.85. The summed E-state index contributed by atoms with van der Waals surface area (Å²) in [6.45, 7) is 2.18. The number of aromatic nitrogens is 1. The lowest BCUT2D eigenvalue weighted by atomic mass is 10.2. The lowest BCUT2D eigenvalue weighted by Crippen LogP contribution is -2.49. The van der Waals surface area contributed by atoms with Crippen molar-refractivity contribution in [2.24, 2.45) is 0 Å². The van der Waals surface area contributed by atoms with Crippen LogP contribution in [0.2, 0.25) is 5.02 Å². The van der Waals surface area contributed by atoms with Gasteiger partial charge in [-0.25, -0.2) is 4.98 Å². The van der Waals surface area contributed by atoms with Gasteiger partial charge in [-0.15, -0.1) is 0 Å². The van der Waals surface area contributed by atoms with Gasteiger partial charge in [0.2, 0.25) is 5.91 Å². The Morgan fingerprint density at radius 2 is 1.77 bits per heavy atom. The number of anilines is 2. The van der Waals surface area contributed by atoms with Crippen molar-refractivity contribution in [2.75, 3.05) is 50.0 Å². The first-order valence-corrected chi connectivity index (χ1v) is 9.87. The quantitative estimate of drug-likeness (QED) is 0.725. The second kappa shape index (κ2) is 9.52. The highest BCUT2D eigenvalue weighted by atomic mass is 35.5. The number of rotatable bonds is 5. The first-order valence-electron chi connectivity index (χ1n) is 9.49. The SMILES string of the molecule is CNC(=O)c1ccc(NC(=O)CN2CCN(c3ncc(C(F)(F)F)cc3Cl)CC2)cc1. The van der Waals surface area contributed by atoms with Crippen LogP contribution < -0.4 is 15.5 Å². The van der Waals surface area contributed by atoms with Crippen LogP contribution in [0.25, 0.3) is 0 Å². The molecule has 0 atom stereocenters. The molecule has 0 unspecified atom stereocenters. The number of hydrogen-bond donors (Lipinski definition) is 2. The van der Waals surface area contributed by atoms with Gasteiger partial charge in [0.15, 0.2) is 0 Å². The summed E-state index contributed by atoms with van der Waals surface area (Å²) < 4.78 is 38.3. The zero-order chi connectivity index (χ0) is 22.6. The topological polar surface area (TPSA) is 77.6 Å². The number of halogens is 4. The van der Waals surface area contributed by atoms with E-state index in [1.807, 2.05) is 4.90 Å². The summed E-state index contributed by atoms with van der Waals surface area (Å²) in [6.07, 6.45) is -3.72. The molecular formula is C20H21ClF3N5O2. The van der Waals surface area contributed by atoms with E-state index in [-0.39, 0.29) is 23.4 Å². The largest absolute Gasteiger partial charge is 0.417 e. The molecule has 0 spiro atoms. The molecule has 1 aromatic carbocycles. The minimum Gasteiger partial charge on any atom is -0.355 e. The first-order chi connectivity index (χ1) is 14.7. The predicted molar refractivity (Wildman–Crippen MR) is 111 cm³/mol. The number of alkyl halides is 3. The van der Waals surface area contributed by atoms with Gasteiger partial charge in [0.1, 0.15) is 5.82 Å². The normalized spacial score (nSPS) is 14.9. The monoisotopic (exact) mass is 455 g/mol. The Kier molecular flexibility index (Phi) is 7.01. The van der Waals surface area contributed by atoms with Gasteiger partial charge >= 0.3 is 6.18 Å². The highest BCUT2D eigenvalue weighted by Gasteiger charge is 2.32. The molecular weight excluding hydrogens is 435 g/mol. The summed E-state index contributed by atoms with van der Waals surface area (Å²) in [4.78, 5) is 31.5. The van der Waals surface area contributed by atoms with Crippen molar-refractivity contribution < 1.29 is 22.8 Å². The highest BCUT2D eigenvalue weighted by Crippen LogP contribution is 2.33. The summed E-state index contributed by atoms with van der Waals surface area (Å²) in [5.41, 5.74) is 0.184. The van der Waals surface area contributed by atoms with Crippen molar-refractivity contribution >= 4 is 34.9 Å². The molecule has 1 fully saturated rings. The molecule has 31 heavy (non-hydrogen) atoms. The van der Waals surface area contributed by atoms with E-state index in [0.29, 0.717) is 43.2 Å². The maximum absolute atomic E-state index is 12.8. The molecule has 3 rings (SSSR count). The van der Waals surface area contributed by atoms with Gasteiger partial charge in [-0.3, -0.25) is 14.5 Å². The van der Waals surface area contributed by atoms with E-state index in [9.17, 15) is 22.8 Å². The number of hydrogen-bond acceptors (Lipinski definition) is 5. The van der Waals surface area contributed by atoms with Gasteiger partial charge in [-0.2, -0.15) is 13.2 Å². The number of amides is 2. The molecule has 2 aromatic rings. The smallest absolute Gasteiger partial charge is 0.355 e. The molecule has 2 N–H and O–H groups in total. The van der Waals surface area contributed by atoms with Crippen molar-refractivity contribution in [1.82, 2.24) is 15.2 Å². The van der Waals surface area contributed by atoms with Gasteiger partial charge in [-0.1, -0.05) is 11.6 Å². The average molecular weight is 456 g/mol. The Morgan fingerprint density at radius 3 is 2.32 bits per heavy atom. The molecule has 0 aliphatic carbocycles. The lowest BCUT2D eigenvalue weighted by Gasteiger charge is -2.35. The molecule has 1 saturated heterocycles. The van der Waals surface area contributed by atoms with Crippen LogP contribution in [-0.2, 0) is 11.0 Å². The van der Waals surface area contributed by atoms with E-state index in [0.717, 1.165) is 12.3 Å². The summed E-state index contributed by atoms with van der Waals surface area (Å²) in [6, 6.07) is 7.42. The van der Waals surface area contributed by atoms with Crippen LogP contribution in [0.1, 0.15) is 15.9 Å². The van der Waals surface area contributed by atoms with Crippen LogP contribution in [0.15, 0.2) is 36.5 Å². The zero-order valence-electron chi connectivity index (χ0n) is 16.7. The van der Waals surface area contributed by atoms with Crippen LogP contribution in [0.4, 0.5) is 24.7 Å². The molecule has 0 saturated carbocycles. The molecule has 11 heteroatoms. The predicted octanol–water partition coefficient (Wildman–Crippen LogP) is 2.87. The van der Waals surface area contributed by atoms with E-state index in [2.05, 4.69) is 15.6 Å². The molecule has 1 aliphatic rings. The molecule has 2 amide bonds. The van der Waals surface area contributed by atoms with Gasteiger partial charge in [0.05, 0.1) is 17.1 Å². The van der Waals surface area contributed by atoms with E-state index < -0.39 is 11.7 Å². The number of nitrogens with zero attached hydrogens (tertiary/aromatic N) is 3. The van der Waals surface area contributed by atoms with Crippen LogP contribution in [-0.4, -0.2) is 61.5 Å². The van der Waals surface area contributed by atoms with Crippen molar-refractivity contribution in [2.45, 2.75) is 6.18 Å². The van der Waals surface area contributed by atoms with Crippen LogP contribution in [0.5, 0.6) is 0 Å². The van der Waals surface area contributed by atoms with Crippen LogP contribution in [0.3, 0.4) is 0 Å². The number of carbonyl (C=O) groups excluding carboxylic acids is 2. The molecule has 0 radical (unpaired) electrons. The third kappa shape index (κ3) is 5.86. The van der Waals surface area contributed by atoms with E-state index in [1.54, 1.807) is 36.2 Å². The van der Waals surface area contributed by atoms with Gasteiger partial charge in [-0.05, 0) is 30.3 Å². The fraction of sp³-hybridized carbons (Fsp3) is 0.350.